The van der Waals surface area contributed by atoms with E-state index in [4.69, 9.17) is 15.6 Å². The Morgan fingerprint density at radius 2 is 2.06 bits per heavy atom. The number of carbonyl (C=O) groups excluding carboxylic acids is 1. The number of Topliss-reactive ketones (excluding diaryl/α,β-unsaturated/α-hetero) is 1. The summed E-state index contributed by atoms with van der Waals surface area (Å²) in [4.78, 5) is 21.8. The molecule has 1 unspecified atom stereocenters. The molecule has 1 aromatic rings. The second kappa shape index (κ2) is 6.00. The fraction of sp³-hybridized carbons (Fsp3) is 0.333. The minimum Gasteiger partial charge on any atom is -0.493 e. The van der Waals surface area contributed by atoms with Crippen molar-refractivity contribution >= 4 is 11.8 Å². The monoisotopic (exact) mass is 237 g/mol. The normalized spacial score (nSPS) is 11.9. The van der Waals surface area contributed by atoms with E-state index in [2.05, 4.69) is 0 Å². The maximum Gasteiger partial charge on any atom is 0.320 e. The predicted molar refractivity (Wildman–Crippen MR) is 62.2 cm³/mol. The van der Waals surface area contributed by atoms with Crippen molar-refractivity contribution < 1.29 is 19.4 Å². The van der Waals surface area contributed by atoms with E-state index in [-0.39, 0.29) is 18.8 Å². The summed E-state index contributed by atoms with van der Waals surface area (Å²) in [6.45, 7) is 1.61. The third-order valence-corrected chi connectivity index (χ3v) is 2.27. The summed E-state index contributed by atoms with van der Waals surface area (Å²) in [5.41, 5.74) is 5.81. The molecule has 0 radical (unpaired) electrons. The van der Waals surface area contributed by atoms with Crippen LogP contribution in [0.15, 0.2) is 24.3 Å². The molecule has 0 spiro atoms. The molecule has 17 heavy (non-hydrogen) atoms. The molecule has 5 heteroatoms. The first-order valence-electron chi connectivity index (χ1n) is 5.23. The fourth-order valence-corrected chi connectivity index (χ4v) is 1.30. The van der Waals surface area contributed by atoms with E-state index < -0.39 is 12.0 Å². The van der Waals surface area contributed by atoms with Crippen LogP contribution in [0.5, 0.6) is 5.75 Å². The third-order valence-electron chi connectivity index (χ3n) is 2.27. The molecular weight excluding hydrogens is 222 g/mol. The van der Waals surface area contributed by atoms with Crippen LogP contribution >= 0.6 is 0 Å². The molecule has 0 fully saturated rings. The molecule has 3 N–H and O–H groups in total. The van der Waals surface area contributed by atoms with Crippen LogP contribution in [0.1, 0.15) is 23.7 Å². The topological polar surface area (TPSA) is 89.6 Å². The lowest BCUT2D eigenvalue weighted by Gasteiger charge is -2.11. The van der Waals surface area contributed by atoms with Crippen molar-refractivity contribution in [3.63, 3.8) is 0 Å². The van der Waals surface area contributed by atoms with Crippen molar-refractivity contribution in [2.24, 2.45) is 5.73 Å². The van der Waals surface area contributed by atoms with Crippen molar-refractivity contribution in [3.8, 4) is 5.75 Å². The van der Waals surface area contributed by atoms with E-state index in [1.54, 1.807) is 24.3 Å². The number of carboxylic acid groups (broad SMARTS) is 1. The van der Waals surface area contributed by atoms with Crippen molar-refractivity contribution in [3.05, 3.63) is 29.8 Å². The van der Waals surface area contributed by atoms with Crippen LogP contribution in [0.4, 0.5) is 0 Å². The zero-order valence-electron chi connectivity index (χ0n) is 9.55. The highest BCUT2D eigenvalue weighted by Gasteiger charge is 2.12. The second-order valence-corrected chi connectivity index (χ2v) is 3.63. The molecule has 1 rings (SSSR count). The van der Waals surface area contributed by atoms with Crippen molar-refractivity contribution in [2.75, 3.05) is 6.61 Å². The van der Waals surface area contributed by atoms with Crippen LogP contribution in [0.3, 0.4) is 0 Å². The molecule has 0 saturated heterocycles. The van der Waals surface area contributed by atoms with Gasteiger partial charge in [0.15, 0.2) is 5.78 Å². The highest BCUT2D eigenvalue weighted by molar-refractivity contribution is 5.96. The number of ketones is 1. The number of hydrogen-bond acceptors (Lipinski definition) is 4. The maximum atomic E-state index is 11.3. The Bertz CT molecular complexity index is 417. The summed E-state index contributed by atoms with van der Waals surface area (Å²) in [6, 6.07) is 5.88. The third kappa shape index (κ3) is 3.88. The quantitative estimate of drug-likeness (QED) is 0.722. The zero-order valence-corrected chi connectivity index (χ0v) is 9.55. The molecule has 5 nitrogen and oxygen atoms in total. The molecule has 92 valence electrons. The molecule has 0 aliphatic rings. The number of ether oxygens (including phenoxy) is 1. The van der Waals surface area contributed by atoms with Crippen molar-refractivity contribution in [2.45, 2.75) is 19.4 Å². The first-order chi connectivity index (χ1) is 8.02. The zero-order chi connectivity index (χ0) is 12.8. The van der Waals surface area contributed by atoms with E-state index in [1.165, 1.54) is 6.92 Å². The van der Waals surface area contributed by atoms with Gasteiger partial charge in [0.1, 0.15) is 11.8 Å². The number of hydrogen-bond donors (Lipinski definition) is 2. The summed E-state index contributed by atoms with van der Waals surface area (Å²) in [6.07, 6.45) is 0.196. The van der Waals surface area contributed by atoms with Gasteiger partial charge in [0.2, 0.25) is 0 Å². The first kappa shape index (κ1) is 13.2. The Kier molecular flexibility index (Phi) is 4.66. The van der Waals surface area contributed by atoms with Gasteiger partial charge >= 0.3 is 5.97 Å². The molecule has 1 atom stereocenters. The van der Waals surface area contributed by atoms with E-state index in [0.29, 0.717) is 11.3 Å². The van der Waals surface area contributed by atoms with Gasteiger partial charge in [-0.1, -0.05) is 12.1 Å². The summed E-state index contributed by atoms with van der Waals surface area (Å²) in [5.74, 6) is -0.700. The number of nitrogens with two attached hydrogens (primary N) is 1. The molecule has 0 aliphatic carbocycles. The summed E-state index contributed by atoms with van der Waals surface area (Å²) >= 11 is 0. The summed E-state index contributed by atoms with van der Waals surface area (Å²) < 4.78 is 5.36. The average Bonchev–Trinajstić information content (AvgIpc) is 2.29. The Hall–Kier alpha value is -1.88. The lowest BCUT2D eigenvalue weighted by Crippen LogP contribution is -2.31. The number of rotatable bonds is 6. The lowest BCUT2D eigenvalue weighted by molar-refractivity contribution is -0.138. The minimum atomic E-state index is -1.06. The SMILES string of the molecule is CC(=O)c1ccccc1OCCC(N)C(=O)O. The molecule has 0 saturated carbocycles. The standard InChI is InChI=1S/C12H15NO4/c1-8(14)9-4-2-3-5-11(9)17-7-6-10(13)12(15)16/h2-5,10H,6-7,13H2,1H3,(H,15,16). The number of carbonyl (C=O) groups is 2. The largest absolute Gasteiger partial charge is 0.493 e. The van der Waals surface area contributed by atoms with Gasteiger partial charge in [-0.05, 0) is 19.1 Å². The number of carboxylic acids is 1. The fourth-order valence-electron chi connectivity index (χ4n) is 1.30. The van der Waals surface area contributed by atoms with Gasteiger partial charge in [0.05, 0.1) is 12.2 Å². The lowest BCUT2D eigenvalue weighted by atomic mass is 10.1. The van der Waals surface area contributed by atoms with Crippen LogP contribution in [-0.2, 0) is 4.79 Å². The predicted octanol–water partition coefficient (Wildman–Crippen LogP) is 1.07. The van der Waals surface area contributed by atoms with Crippen LogP contribution in [0.2, 0.25) is 0 Å². The second-order valence-electron chi connectivity index (χ2n) is 3.63. The highest BCUT2D eigenvalue weighted by Crippen LogP contribution is 2.18. The van der Waals surface area contributed by atoms with Crippen molar-refractivity contribution in [1.82, 2.24) is 0 Å². The van der Waals surface area contributed by atoms with E-state index in [9.17, 15) is 9.59 Å². The van der Waals surface area contributed by atoms with Gasteiger partial charge in [-0.3, -0.25) is 9.59 Å². The molecule has 0 heterocycles. The van der Waals surface area contributed by atoms with Crippen LogP contribution < -0.4 is 10.5 Å². The maximum absolute atomic E-state index is 11.3. The number of para-hydroxylation sites is 1. The van der Waals surface area contributed by atoms with Crippen LogP contribution in [0, 0.1) is 0 Å². The summed E-state index contributed by atoms with van der Waals surface area (Å²) in [7, 11) is 0. The Labute approximate surface area is 99.2 Å². The van der Waals surface area contributed by atoms with Gasteiger partial charge in [-0.2, -0.15) is 0 Å². The van der Waals surface area contributed by atoms with Crippen molar-refractivity contribution in [1.29, 1.82) is 0 Å². The van der Waals surface area contributed by atoms with Gasteiger partial charge in [0.25, 0.3) is 0 Å². The Morgan fingerprint density at radius 3 is 2.65 bits per heavy atom. The van der Waals surface area contributed by atoms with Gasteiger partial charge in [-0.15, -0.1) is 0 Å². The molecule has 1 aromatic carbocycles. The number of aliphatic carboxylic acids is 1. The van der Waals surface area contributed by atoms with E-state index in [1.807, 2.05) is 0 Å². The molecular formula is C12H15NO4. The molecule has 0 aromatic heterocycles. The van der Waals surface area contributed by atoms with Gasteiger partial charge in [0, 0.05) is 6.42 Å². The average molecular weight is 237 g/mol. The Morgan fingerprint density at radius 1 is 1.41 bits per heavy atom. The Balaban J connectivity index is 2.58. The van der Waals surface area contributed by atoms with Gasteiger partial charge in [-0.25, -0.2) is 0 Å². The van der Waals surface area contributed by atoms with E-state index in [0.717, 1.165) is 0 Å². The highest BCUT2D eigenvalue weighted by atomic mass is 16.5. The van der Waals surface area contributed by atoms with Crippen LogP contribution in [0.25, 0.3) is 0 Å². The first-order valence-corrected chi connectivity index (χ1v) is 5.23. The molecule has 0 amide bonds. The van der Waals surface area contributed by atoms with Gasteiger partial charge < -0.3 is 15.6 Å². The van der Waals surface area contributed by atoms with E-state index >= 15 is 0 Å². The molecule has 0 aliphatic heterocycles. The van der Waals surface area contributed by atoms with Crippen LogP contribution in [-0.4, -0.2) is 29.5 Å². The smallest absolute Gasteiger partial charge is 0.320 e. The molecule has 0 bridgehead atoms. The minimum absolute atomic E-state index is 0.0943. The number of benzene rings is 1. The summed E-state index contributed by atoms with van der Waals surface area (Å²) in [5, 5.41) is 8.59.